The van der Waals surface area contributed by atoms with Crippen LogP contribution in [0, 0.1) is 6.10 Å². The monoisotopic (exact) mass is 235 g/mol. The molecular weight excluding hydrogens is 216 g/mol. The Morgan fingerprint density at radius 1 is 1.12 bits per heavy atom. The first-order chi connectivity index (χ1) is 8.17. The van der Waals surface area contributed by atoms with Crippen molar-refractivity contribution in [2.75, 3.05) is 0 Å². The first-order valence-electron chi connectivity index (χ1n) is 5.97. The van der Waals surface area contributed by atoms with Crippen molar-refractivity contribution in [3.05, 3.63) is 41.5 Å². The summed E-state index contributed by atoms with van der Waals surface area (Å²) in [6.45, 7) is 5.83. The van der Waals surface area contributed by atoms with Crippen LogP contribution in [0.15, 0.2) is 24.3 Å². The zero-order valence-corrected chi connectivity index (χ0v) is 10.7. The standard InChI is InChI=1S/C14H19O3/c1-4-6-12-7-9-13(10-8-12)14(15)17-16-11(3)5-2/h7-10H,4-6H2,1-3H3. The smallest absolute Gasteiger partial charge is 0.292 e. The maximum absolute atomic E-state index is 11.6. The number of carbonyl (C=O) groups is 1. The van der Waals surface area contributed by atoms with Gasteiger partial charge in [-0.05, 0) is 37.5 Å². The SMILES string of the molecule is CCCc1ccc(C(=O)OO[C](C)CC)cc1. The molecule has 0 heterocycles. The van der Waals surface area contributed by atoms with Crippen LogP contribution in [0.2, 0.25) is 0 Å². The van der Waals surface area contributed by atoms with Gasteiger partial charge in [0.25, 0.3) is 0 Å². The summed E-state index contributed by atoms with van der Waals surface area (Å²) in [4.78, 5) is 21.1. The number of carbonyl (C=O) groups excluding carboxylic acids is 1. The largest absolute Gasteiger partial charge is 0.373 e. The highest BCUT2D eigenvalue weighted by Gasteiger charge is 2.10. The maximum atomic E-state index is 11.6. The highest BCUT2D eigenvalue weighted by molar-refractivity contribution is 5.88. The van der Waals surface area contributed by atoms with Crippen molar-refractivity contribution in [2.45, 2.75) is 40.0 Å². The molecule has 0 spiro atoms. The van der Waals surface area contributed by atoms with E-state index in [-0.39, 0.29) is 0 Å². The Kier molecular flexibility index (Phi) is 5.70. The third kappa shape index (κ3) is 4.57. The van der Waals surface area contributed by atoms with Gasteiger partial charge in [-0.25, -0.2) is 4.79 Å². The third-order valence-corrected chi connectivity index (χ3v) is 2.49. The Hall–Kier alpha value is -1.35. The summed E-state index contributed by atoms with van der Waals surface area (Å²) >= 11 is 0. The van der Waals surface area contributed by atoms with Gasteiger partial charge in [-0.15, -0.1) is 0 Å². The van der Waals surface area contributed by atoms with Gasteiger partial charge in [-0.3, -0.25) is 4.89 Å². The first-order valence-corrected chi connectivity index (χ1v) is 5.97. The molecule has 0 fully saturated rings. The topological polar surface area (TPSA) is 35.5 Å². The molecular formula is C14H19O3. The van der Waals surface area contributed by atoms with E-state index in [0.29, 0.717) is 11.7 Å². The van der Waals surface area contributed by atoms with Crippen molar-refractivity contribution in [3.63, 3.8) is 0 Å². The van der Waals surface area contributed by atoms with Crippen LogP contribution in [0.4, 0.5) is 0 Å². The fourth-order valence-electron chi connectivity index (χ4n) is 1.31. The van der Waals surface area contributed by atoms with E-state index in [2.05, 4.69) is 6.92 Å². The lowest BCUT2D eigenvalue weighted by Crippen LogP contribution is -2.08. The van der Waals surface area contributed by atoms with Crippen molar-refractivity contribution in [3.8, 4) is 0 Å². The van der Waals surface area contributed by atoms with Crippen molar-refractivity contribution >= 4 is 5.97 Å². The Labute approximate surface area is 103 Å². The van der Waals surface area contributed by atoms with Crippen LogP contribution in [-0.4, -0.2) is 5.97 Å². The molecule has 0 atom stereocenters. The molecule has 0 saturated heterocycles. The molecule has 0 amide bonds. The van der Waals surface area contributed by atoms with E-state index < -0.39 is 5.97 Å². The minimum atomic E-state index is -0.458. The van der Waals surface area contributed by atoms with Crippen LogP contribution < -0.4 is 0 Å². The Bertz CT molecular complexity index is 343. The van der Waals surface area contributed by atoms with E-state index >= 15 is 0 Å². The molecule has 0 bridgehead atoms. The molecule has 1 radical (unpaired) electrons. The zero-order valence-electron chi connectivity index (χ0n) is 10.7. The Morgan fingerprint density at radius 3 is 2.29 bits per heavy atom. The second-order valence-electron chi connectivity index (χ2n) is 3.96. The van der Waals surface area contributed by atoms with Gasteiger partial charge in [0.05, 0.1) is 5.56 Å². The van der Waals surface area contributed by atoms with Crippen molar-refractivity contribution in [2.24, 2.45) is 0 Å². The van der Waals surface area contributed by atoms with Gasteiger partial charge >= 0.3 is 5.97 Å². The normalized spacial score (nSPS) is 10.6. The molecule has 0 aliphatic heterocycles. The van der Waals surface area contributed by atoms with Gasteiger partial charge in [0.1, 0.15) is 6.10 Å². The number of hydrogen-bond donors (Lipinski definition) is 0. The molecule has 17 heavy (non-hydrogen) atoms. The predicted molar refractivity (Wildman–Crippen MR) is 66.1 cm³/mol. The van der Waals surface area contributed by atoms with Gasteiger partial charge < -0.3 is 0 Å². The molecule has 3 heteroatoms. The van der Waals surface area contributed by atoms with Crippen molar-refractivity contribution < 1.29 is 14.6 Å². The quantitative estimate of drug-likeness (QED) is 0.557. The molecule has 1 aromatic rings. The van der Waals surface area contributed by atoms with E-state index in [1.165, 1.54) is 5.56 Å². The summed E-state index contributed by atoms with van der Waals surface area (Å²) in [6.07, 6.45) is 3.52. The average molecular weight is 235 g/mol. The molecule has 3 nitrogen and oxygen atoms in total. The minimum Gasteiger partial charge on any atom is -0.292 e. The number of rotatable bonds is 6. The number of aryl methyl sites for hydroxylation is 1. The fourth-order valence-corrected chi connectivity index (χ4v) is 1.31. The summed E-state index contributed by atoms with van der Waals surface area (Å²) in [7, 11) is 0. The van der Waals surface area contributed by atoms with E-state index in [1.807, 2.05) is 19.1 Å². The molecule has 0 aliphatic carbocycles. The second kappa shape index (κ2) is 7.07. The van der Waals surface area contributed by atoms with Gasteiger partial charge in [-0.1, -0.05) is 32.4 Å². The molecule has 0 aliphatic rings. The Morgan fingerprint density at radius 2 is 1.76 bits per heavy atom. The van der Waals surface area contributed by atoms with Crippen LogP contribution in [0.1, 0.15) is 49.5 Å². The first kappa shape index (κ1) is 13.7. The molecule has 0 saturated carbocycles. The van der Waals surface area contributed by atoms with Gasteiger partial charge in [0.2, 0.25) is 0 Å². The highest BCUT2D eigenvalue weighted by atomic mass is 17.2. The lowest BCUT2D eigenvalue weighted by molar-refractivity contribution is -0.232. The second-order valence-corrected chi connectivity index (χ2v) is 3.96. The fraction of sp³-hybridized carbons (Fsp3) is 0.429. The third-order valence-electron chi connectivity index (χ3n) is 2.49. The highest BCUT2D eigenvalue weighted by Crippen LogP contribution is 2.11. The summed E-state index contributed by atoms with van der Waals surface area (Å²) in [6, 6.07) is 7.41. The van der Waals surface area contributed by atoms with Crippen LogP contribution in [-0.2, 0) is 16.2 Å². The van der Waals surface area contributed by atoms with Gasteiger partial charge in [-0.2, -0.15) is 4.89 Å². The Balaban J connectivity index is 2.51. The summed E-state index contributed by atoms with van der Waals surface area (Å²) < 4.78 is 0. The molecule has 1 rings (SSSR count). The van der Waals surface area contributed by atoms with E-state index in [1.54, 1.807) is 19.1 Å². The van der Waals surface area contributed by atoms with Gasteiger partial charge in [0, 0.05) is 0 Å². The lowest BCUT2D eigenvalue weighted by atomic mass is 10.1. The lowest BCUT2D eigenvalue weighted by Gasteiger charge is -2.07. The minimum absolute atomic E-state index is 0.458. The molecule has 0 unspecified atom stereocenters. The summed E-state index contributed by atoms with van der Waals surface area (Å²) in [5, 5.41) is 0. The number of hydrogen-bond acceptors (Lipinski definition) is 3. The van der Waals surface area contributed by atoms with Crippen LogP contribution >= 0.6 is 0 Å². The van der Waals surface area contributed by atoms with Crippen LogP contribution in [0.5, 0.6) is 0 Å². The average Bonchev–Trinajstić information content (AvgIpc) is 2.36. The molecule has 0 aromatic heterocycles. The van der Waals surface area contributed by atoms with E-state index in [0.717, 1.165) is 19.3 Å². The van der Waals surface area contributed by atoms with Crippen LogP contribution in [0.25, 0.3) is 0 Å². The molecule has 1 aromatic carbocycles. The van der Waals surface area contributed by atoms with Crippen LogP contribution in [0.3, 0.4) is 0 Å². The molecule has 93 valence electrons. The maximum Gasteiger partial charge on any atom is 0.373 e. The predicted octanol–water partition coefficient (Wildman–Crippen LogP) is 3.69. The van der Waals surface area contributed by atoms with E-state index in [9.17, 15) is 4.79 Å². The zero-order chi connectivity index (χ0) is 12.7. The van der Waals surface area contributed by atoms with E-state index in [4.69, 9.17) is 9.78 Å². The van der Waals surface area contributed by atoms with Crippen molar-refractivity contribution in [1.82, 2.24) is 0 Å². The number of benzene rings is 1. The molecule has 0 N–H and O–H groups in total. The van der Waals surface area contributed by atoms with Gasteiger partial charge in [0.15, 0.2) is 0 Å². The van der Waals surface area contributed by atoms with Crippen molar-refractivity contribution in [1.29, 1.82) is 0 Å². The summed E-state index contributed by atoms with van der Waals surface area (Å²) in [5.41, 5.74) is 1.73. The summed E-state index contributed by atoms with van der Waals surface area (Å²) in [5.74, 6) is -0.458.